The van der Waals surface area contributed by atoms with Crippen molar-refractivity contribution in [1.29, 1.82) is 0 Å². The Kier molecular flexibility index (Phi) is 3.69. The van der Waals surface area contributed by atoms with E-state index in [2.05, 4.69) is 15.0 Å². The van der Waals surface area contributed by atoms with E-state index in [0.717, 1.165) is 15.6 Å². The minimum absolute atomic E-state index is 0.0906. The van der Waals surface area contributed by atoms with Crippen LogP contribution in [0.3, 0.4) is 0 Å². The summed E-state index contributed by atoms with van der Waals surface area (Å²) in [5.41, 5.74) is 0. The van der Waals surface area contributed by atoms with Crippen molar-refractivity contribution >= 4 is 33.1 Å². The summed E-state index contributed by atoms with van der Waals surface area (Å²) in [7, 11) is -0.657. The molecule has 9 heteroatoms. The smallest absolute Gasteiger partial charge is 0.267 e. The minimum atomic E-state index is -3.52. The van der Waals surface area contributed by atoms with Gasteiger partial charge in [0.1, 0.15) is 6.26 Å². The molecular weight excluding hydrogens is 290 g/mol. The largest absolute Gasteiger partial charge is 0.363 e. The summed E-state index contributed by atoms with van der Waals surface area (Å²) in [5, 5.41) is 7.45. The number of nitrogens with one attached hydrogen (secondary N) is 1. The van der Waals surface area contributed by atoms with Crippen molar-refractivity contribution in [3.63, 3.8) is 0 Å². The summed E-state index contributed by atoms with van der Waals surface area (Å²) in [5.74, 6) is -0.158. The Morgan fingerprint density at radius 2 is 2.21 bits per heavy atom. The molecule has 0 radical (unpaired) electrons. The maximum Gasteiger partial charge on any atom is 0.267 e. The number of anilines is 1. The van der Waals surface area contributed by atoms with Crippen molar-refractivity contribution < 1.29 is 17.7 Å². The van der Waals surface area contributed by atoms with Gasteiger partial charge in [-0.3, -0.25) is 4.79 Å². The van der Waals surface area contributed by atoms with Gasteiger partial charge >= 0.3 is 0 Å². The number of aromatic nitrogens is 1. The summed E-state index contributed by atoms with van der Waals surface area (Å²) < 4.78 is 29.4. The number of nitrogens with zero attached hydrogens (tertiary/aromatic N) is 2. The van der Waals surface area contributed by atoms with Gasteiger partial charge < -0.3 is 9.84 Å². The molecule has 0 fully saturated rings. The maximum atomic E-state index is 11.9. The Labute approximate surface area is 113 Å². The molecule has 0 unspecified atom stereocenters. The molecule has 0 aliphatic rings. The van der Waals surface area contributed by atoms with Crippen LogP contribution in [0.25, 0.3) is 0 Å². The van der Waals surface area contributed by atoms with Crippen molar-refractivity contribution in [2.24, 2.45) is 0 Å². The van der Waals surface area contributed by atoms with Crippen LogP contribution in [0, 0.1) is 0 Å². The molecule has 0 saturated carbocycles. The molecule has 0 bridgehead atoms. The van der Waals surface area contributed by atoms with E-state index in [1.54, 1.807) is 0 Å². The molecule has 2 aromatic rings. The summed E-state index contributed by atoms with van der Waals surface area (Å²) in [4.78, 5) is 12.2. The first-order valence-corrected chi connectivity index (χ1v) is 7.46. The van der Waals surface area contributed by atoms with E-state index >= 15 is 0 Å². The fraction of sp³-hybridized carbons (Fsp3) is 0.200. The Balaban J connectivity index is 2.20. The maximum absolute atomic E-state index is 11.9. The Bertz CT molecular complexity index is 673. The third kappa shape index (κ3) is 2.83. The van der Waals surface area contributed by atoms with Gasteiger partial charge in [0.05, 0.1) is 9.77 Å². The van der Waals surface area contributed by atoms with Crippen LogP contribution in [0.4, 0.5) is 5.82 Å². The molecule has 1 amide bonds. The number of hydrogen-bond donors (Lipinski definition) is 1. The highest BCUT2D eigenvalue weighted by Gasteiger charge is 2.21. The lowest BCUT2D eigenvalue weighted by Crippen LogP contribution is -2.21. The van der Waals surface area contributed by atoms with Gasteiger partial charge in [-0.2, -0.15) is 0 Å². The van der Waals surface area contributed by atoms with Gasteiger partial charge in [0.25, 0.3) is 5.91 Å². The Hall–Kier alpha value is -1.71. The second-order valence-electron chi connectivity index (χ2n) is 3.77. The number of carbonyl (C=O) groups is 1. The van der Waals surface area contributed by atoms with E-state index in [1.165, 1.54) is 37.9 Å². The Morgan fingerprint density at radius 3 is 2.79 bits per heavy atom. The van der Waals surface area contributed by atoms with Gasteiger partial charge in [0.2, 0.25) is 10.0 Å². The lowest BCUT2D eigenvalue weighted by atomic mass is 10.4. The number of sulfonamides is 1. The van der Waals surface area contributed by atoms with Crippen LogP contribution in [0.2, 0.25) is 0 Å². The van der Waals surface area contributed by atoms with E-state index in [1.807, 2.05) is 0 Å². The molecule has 0 spiro atoms. The summed E-state index contributed by atoms with van der Waals surface area (Å²) >= 11 is 1.05. The number of carbonyl (C=O) groups excluding carboxylic acids is 1. The molecule has 0 atom stereocenters. The zero-order valence-corrected chi connectivity index (χ0v) is 11.8. The van der Waals surface area contributed by atoms with Crippen LogP contribution in [0.15, 0.2) is 33.2 Å². The number of amides is 1. The molecule has 102 valence electrons. The topological polar surface area (TPSA) is 92.5 Å². The number of hydrogen-bond acceptors (Lipinski definition) is 6. The average Bonchev–Trinajstić information content (AvgIpc) is 2.98. The second kappa shape index (κ2) is 5.11. The first kappa shape index (κ1) is 13.7. The molecule has 19 heavy (non-hydrogen) atoms. The van der Waals surface area contributed by atoms with Gasteiger partial charge in [-0.15, -0.1) is 11.3 Å². The highest BCUT2D eigenvalue weighted by atomic mass is 32.2. The quantitative estimate of drug-likeness (QED) is 0.917. The van der Waals surface area contributed by atoms with Crippen LogP contribution >= 0.6 is 11.3 Å². The first-order chi connectivity index (χ1) is 8.91. The molecule has 0 aliphatic heterocycles. The van der Waals surface area contributed by atoms with Crippen molar-refractivity contribution in [3.05, 3.63) is 28.7 Å². The summed E-state index contributed by atoms with van der Waals surface area (Å²) in [6.07, 6.45) is 1.33. The molecule has 7 nitrogen and oxygen atoms in total. The predicted molar refractivity (Wildman–Crippen MR) is 69.6 cm³/mol. The molecule has 2 aromatic heterocycles. The molecule has 2 heterocycles. The second-order valence-corrected chi connectivity index (χ2v) is 6.84. The summed E-state index contributed by atoms with van der Waals surface area (Å²) in [6.45, 7) is 0. The zero-order chi connectivity index (χ0) is 14.0. The van der Waals surface area contributed by atoms with Gasteiger partial charge in [0.15, 0.2) is 5.82 Å². The minimum Gasteiger partial charge on any atom is -0.363 e. The highest BCUT2D eigenvalue weighted by Crippen LogP contribution is 2.22. The summed E-state index contributed by atoms with van der Waals surface area (Å²) in [6, 6.07) is 2.82. The van der Waals surface area contributed by atoms with Gasteiger partial charge in [-0.25, -0.2) is 12.7 Å². The van der Waals surface area contributed by atoms with Crippen molar-refractivity contribution in [3.8, 4) is 0 Å². The van der Waals surface area contributed by atoms with Gasteiger partial charge in [0, 0.05) is 25.5 Å². The van der Waals surface area contributed by atoms with Crippen molar-refractivity contribution in [2.75, 3.05) is 19.4 Å². The number of rotatable bonds is 4. The fourth-order valence-electron chi connectivity index (χ4n) is 1.24. The average molecular weight is 301 g/mol. The van der Waals surface area contributed by atoms with Crippen molar-refractivity contribution in [1.82, 2.24) is 9.46 Å². The fourth-order valence-corrected chi connectivity index (χ4v) is 3.30. The predicted octanol–water partition coefficient (Wildman–Crippen LogP) is 1.24. The SMILES string of the molecule is CN(C)S(=O)(=O)c1csc(C(=O)Nc2ccon2)c1. The van der Waals surface area contributed by atoms with E-state index in [0.29, 0.717) is 0 Å². The molecule has 1 N–H and O–H groups in total. The standard InChI is InChI=1S/C10H11N3O4S2/c1-13(2)19(15,16)7-5-8(18-6-7)10(14)11-9-3-4-17-12-9/h3-6H,1-2H3,(H,11,12,14). The molecular formula is C10H11N3O4S2. The number of thiophene rings is 1. The van der Waals surface area contributed by atoms with E-state index < -0.39 is 15.9 Å². The highest BCUT2D eigenvalue weighted by molar-refractivity contribution is 7.89. The van der Waals surface area contributed by atoms with Gasteiger partial charge in [-0.1, -0.05) is 5.16 Å². The van der Waals surface area contributed by atoms with Crippen LogP contribution in [-0.4, -0.2) is 37.9 Å². The third-order valence-corrected chi connectivity index (χ3v) is 5.13. The Morgan fingerprint density at radius 1 is 1.47 bits per heavy atom. The van der Waals surface area contributed by atoms with Crippen LogP contribution < -0.4 is 5.32 Å². The van der Waals surface area contributed by atoms with E-state index in [9.17, 15) is 13.2 Å². The monoisotopic (exact) mass is 301 g/mol. The van der Waals surface area contributed by atoms with Crippen LogP contribution in [0.1, 0.15) is 9.67 Å². The molecule has 0 aliphatic carbocycles. The normalized spacial score (nSPS) is 11.7. The van der Waals surface area contributed by atoms with Crippen LogP contribution in [-0.2, 0) is 10.0 Å². The van der Waals surface area contributed by atoms with E-state index in [4.69, 9.17) is 0 Å². The zero-order valence-electron chi connectivity index (χ0n) is 10.2. The molecule has 0 aromatic carbocycles. The van der Waals surface area contributed by atoms with Crippen LogP contribution in [0.5, 0.6) is 0 Å². The lowest BCUT2D eigenvalue weighted by Gasteiger charge is -2.08. The van der Waals surface area contributed by atoms with Gasteiger partial charge in [-0.05, 0) is 6.07 Å². The molecule has 2 rings (SSSR count). The van der Waals surface area contributed by atoms with E-state index in [-0.39, 0.29) is 15.6 Å². The lowest BCUT2D eigenvalue weighted by molar-refractivity contribution is 0.102. The first-order valence-electron chi connectivity index (χ1n) is 5.14. The third-order valence-electron chi connectivity index (χ3n) is 2.26. The molecule has 0 saturated heterocycles. The van der Waals surface area contributed by atoms with Crippen molar-refractivity contribution in [2.45, 2.75) is 4.90 Å².